The molecule has 0 aliphatic heterocycles. The fourth-order valence-electron chi connectivity index (χ4n) is 2.28. The maximum Gasteiger partial charge on any atom is 0.434 e. The molecule has 2 N–H and O–H groups in total. The minimum atomic E-state index is -4.80. The summed E-state index contributed by atoms with van der Waals surface area (Å²) in [7, 11) is 0. The molecule has 1 aromatic carbocycles. The standard InChI is InChI=1S/C17H18ClF3N4O/c1-3-11(4-2)23-15(26)13-9-22-16(25-14(13)17(19,20)21)24-12-7-5-6-10(18)8-12/h5-9,11H,3-4H2,1-2H3,(H,23,26)(H,22,24,25). The number of halogens is 4. The molecule has 140 valence electrons. The summed E-state index contributed by atoms with van der Waals surface area (Å²) in [5, 5.41) is 5.62. The Balaban J connectivity index is 2.34. The van der Waals surface area contributed by atoms with Crippen LogP contribution < -0.4 is 10.6 Å². The van der Waals surface area contributed by atoms with Gasteiger partial charge in [0, 0.05) is 22.9 Å². The van der Waals surface area contributed by atoms with Gasteiger partial charge in [0.2, 0.25) is 5.95 Å². The average Bonchev–Trinajstić information content (AvgIpc) is 2.58. The number of aromatic nitrogens is 2. The molecule has 2 aromatic rings. The number of nitrogens with zero attached hydrogens (tertiary/aromatic N) is 2. The van der Waals surface area contributed by atoms with Crippen LogP contribution in [0.3, 0.4) is 0 Å². The van der Waals surface area contributed by atoms with E-state index in [1.807, 2.05) is 13.8 Å². The van der Waals surface area contributed by atoms with E-state index in [2.05, 4.69) is 20.6 Å². The lowest BCUT2D eigenvalue weighted by atomic mass is 10.1. The van der Waals surface area contributed by atoms with Crippen molar-refractivity contribution in [3.63, 3.8) is 0 Å². The second-order valence-electron chi connectivity index (χ2n) is 5.58. The predicted octanol–water partition coefficient (Wildman–Crippen LogP) is 4.81. The maximum absolute atomic E-state index is 13.4. The van der Waals surface area contributed by atoms with Crippen LogP contribution in [0.2, 0.25) is 5.02 Å². The molecule has 0 radical (unpaired) electrons. The van der Waals surface area contributed by atoms with Gasteiger partial charge < -0.3 is 10.6 Å². The van der Waals surface area contributed by atoms with Crippen LogP contribution in [0.4, 0.5) is 24.8 Å². The van der Waals surface area contributed by atoms with E-state index in [4.69, 9.17) is 11.6 Å². The molecule has 0 atom stereocenters. The van der Waals surface area contributed by atoms with E-state index in [0.29, 0.717) is 23.6 Å². The summed E-state index contributed by atoms with van der Waals surface area (Å²) in [5.41, 5.74) is -1.47. The summed E-state index contributed by atoms with van der Waals surface area (Å²) in [4.78, 5) is 19.6. The first-order valence-corrected chi connectivity index (χ1v) is 8.40. The fraction of sp³-hybridized carbons (Fsp3) is 0.353. The SMILES string of the molecule is CCC(CC)NC(=O)c1cnc(Nc2cccc(Cl)c2)nc1C(F)(F)F. The number of amides is 1. The van der Waals surface area contributed by atoms with Gasteiger partial charge in [-0.3, -0.25) is 4.79 Å². The Kier molecular flexibility index (Phi) is 6.42. The molecule has 0 spiro atoms. The van der Waals surface area contributed by atoms with Gasteiger partial charge in [-0.05, 0) is 31.0 Å². The second kappa shape index (κ2) is 8.35. The van der Waals surface area contributed by atoms with Crippen LogP contribution in [0.5, 0.6) is 0 Å². The third kappa shape index (κ3) is 5.08. The molecule has 26 heavy (non-hydrogen) atoms. The van der Waals surface area contributed by atoms with E-state index in [0.717, 1.165) is 6.20 Å². The highest BCUT2D eigenvalue weighted by molar-refractivity contribution is 6.30. The monoisotopic (exact) mass is 386 g/mol. The predicted molar refractivity (Wildman–Crippen MR) is 93.6 cm³/mol. The number of benzene rings is 1. The highest BCUT2D eigenvalue weighted by atomic mass is 35.5. The van der Waals surface area contributed by atoms with Crippen molar-refractivity contribution in [2.45, 2.75) is 38.9 Å². The Morgan fingerprint density at radius 3 is 2.54 bits per heavy atom. The van der Waals surface area contributed by atoms with Crippen LogP contribution in [0.15, 0.2) is 30.5 Å². The summed E-state index contributed by atoms with van der Waals surface area (Å²) < 4.78 is 40.1. The van der Waals surface area contributed by atoms with E-state index in [-0.39, 0.29) is 12.0 Å². The van der Waals surface area contributed by atoms with Gasteiger partial charge in [-0.1, -0.05) is 31.5 Å². The highest BCUT2D eigenvalue weighted by Crippen LogP contribution is 2.31. The van der Waals surface area contributed by atoms with Crippen molar-refractivity contribution in [3.8, 4) is 0 Å². The summed E-state index contributed by atoms with van der Waals surface area (Å²) in [6.45, 7) is 3.68. The Hall–Kier alpha value is -2.35. The van der Waals surface area contributed by atoms with Crippen molar-refractivity contribution < 1.29 is 18.0 Å². The third-order valence-corrected chi connectivity index (χ3v) is 3.94. The van der Waals surface area contributed by atoms with Gasteiger partial charge in [-0.15, -0.1) is 0 Å². The summed E-state index contributed by atoms with van der Waals surface area (Å²) in [5.74, 6) is -1.13. The van der Waals surface area contributed by atoms with Crippen LogP contribution in [0, 0.1) is 0 Å². The molecule has 0 fully saturated rings. The molecule has 0 aliphatic carbocycles. The van der Waals surface area contributed by atoms with Crippen LogP contribution in [0.25, 0.3) is 0 Å². The molecule has 5 nitrogen and oxygen atoms in total. The summed E-state index contributed by atoms with van der Waals surface area (Å²) in [6, 6.07) is 6.17. The lowest BCUT2D eigenvalue weighted by Gasteiger charge is -2.17. The zero-order valence-electron chi connectivity index (χ0n) is 14.2. The average molecular weight is 387 g/mol. The number of alkyl halides is 3. The number of carbonyl (C=O) groups is 1. The van der Waals surface area contributed by atoms with Crippen LogP contribution >= 0.6 is 11.6 Å². The molecule has 0 bridgehead atoms. The number of hydrogen-bond acceptors (Lipinski definition) is 4. The van der Waals surface area contributed by atoms with Gasteiger partial charge in [0.15, 0.2) is 5.69 Å². The molecule has 1 aromatic heterocycles. The van der Waals surface area contributed by atoms with Gasteiger partial charge in [0.25, 0.3) is 5.91 Å². The number of anilines is 2. The first-order valence-electron chi connectivity index (χ1n) is 8.02. The first-order chi connectivity index (χ1) is 12.2. The second-order valence-corrected chi connectivity index (χ2v) is 6.01. The molecule has 0 saturated carbocycles. The van der Waals surface area contributed by atoms with Crippen LogP contribution in [-0.4, -0.2) is 21.9 Å². The Morgan fingerprint density at radius 2 is 1.96 bits per heavy atom. The molecular formula is C17H18ClF3N4O. The molecule has 1 amide bonds. The third-order valence-electron chi connectivity index (χ3n) is 3.70. The van der Waals surface area contributed by atoms with Crippen molar-refractivity contribution in [3.05, 3.63) is 46.7 Å². The topological polar surface area (TPSA) is 66.9 Å². The lowest BCUT2D eigenvalue weighted by Crippen LogP contribution is -2.35. The van der Waals surface area contributed by atoms with E-state index >= 15 is 0 Å². The zero-order valence-corrected chi connectivity index (χ0v) is 14.9. The minimum Gasteiger partial charge on any atom is -0.349 e. The number of carbonyl (C=O) groups excluding carboxylic acids is 1. The summed E-state index contributed by atoms with van der Waals surface area (Å²) in [6.07, 6.45) is -2.70. The number of hydrogen-bond donors (Lipinski definition) is 2. The van der Waals surface area contributed by atoms with E-state index < -0.39 is 23.3 Å². The molecule has 0 aliphatic rings. The molecular weight excluding hydrogens is 369 g/mol. The zero-order chi connectivity index (χ0) is 19.3. The van der Waals surface area contributed by atoms with Crippen molar-refractivity contribution in [1.29, 1.82) is 0 Å². The molecule has 0 unspecified atom stereocenters. The molecule has 2 rings (SSSR count). The van der Waals surface area contributed by atoms with E-state index in [9.17, 15) is 18.0 Å². The van der Waals surface area contributed by atoms with Crippen LogP contribution in [0.1, 0.15) is 42.7 Å². The largest absolute Gasteiger partial charge is 0.434 e. The fourth-order valence-corrected chi connectivity index (χ4v) is 2.47. The van der Waals surface area contributed by atoms with Gasteiger partial charge in [0.1, 0.15) is 0 Å². The smallest absolute Gasteiger partial charge is 0.349 e. The van der Waals surface area contributed by atoms with Gasteiger partial charge >= 0.3 is 6.18 Å². The van der Waals surface area contributed by atoms with Gasteiger partial charge in [-0.25, -0.2) is 9.97 Å². The van der Waals surface area contributed by atoms with Gasteiger partial charge in [0.05, 0.1) is 5.56 Å². The molecule has 0 saturated heterocycles. The quantitative estimate of drug-likeness (QED) is 0.747. The lowest BCUT2D eigenvalue weighted by molar-refractivity contribution is -0.141. The number of nitrogens with one attached hydrogen (secondary N) is 2. The van der Waals surface area contributed by atoms with E-state index in [1.54, 1.807) is 18.2 Å². The Labute approximate surface area is 154 Å². The van der Waals surface area contributed by atoms with Crippen molar-refractivity contribution >= 4 is 29.1 Å². The first kappa shape index (κ1) is 20.0. The highest BCUT2D eigenvalue weighted by Gasteiger charge is 2.38. The Bertz CT molecular complexity index is 779. The Morgan fingerprint density at radius 1 is 1.27 bits per heavy atom. The van der Waals surface area contributed by atoms with Crippen LogP contribution in [-0.2, 0) is 6.18 Å². The molecule has 9 heteroatoms. The normalized spacial score (nSPS) is 11.5. The molecule has 1 heterocycles. The summed E-state index contributed by atoms with van der Waals surface area (Å²) >= 11 is 5.84. The van der Waals surface area contributed by atoms with E-state index in [1.165, 1.54) is 6.07 Å². The maximum atomic E-state index is 13.4. The number of rotatable bonds is 6. The minimum absolute atomic E-state index is 0.215. The van der Waals surface area contributed by atoms with Gasteiger partial charge in [-0.2, -0.15) is 13.2 Å². The van der Waals surface area contributed by atoms with Crippen molar-refractivity contribution in [1.82, 2.24) is 15.3 Å². The van der Waals surface area contributed by atoms with Crippen molar-refractivity contribution in [2.75, 3.05) is 5.32 Å². The van der Waals surface area contributed by atoms with Crippen molar-refractivity contribution in [2.24, 2.45) is 0 Å².